The van der Waals surface area contributed by atoms with Crippen molar-refractivity contribution in [1.29, 1.82) is 0 Å². The van der Waals surface area contributed by atoms with E-state index in [1.165, 1.54) is 0 Å². The molecule has 0 atom stereocenters. The quantitative estimate of drug-likeness (QED) is 0.290. The fourth-order valence-corrected chi connectivity index (χ4v) is 4.17. The normalized spacial score (nSPS) is 17.3. The molecule has 0 amide bonds. The monoisotopic (exact) mass is 476 g/mol. The van der Waals surface area contributed by atoms with E-state index in [1.54, 1.807) is 31.2 Å². The maximum atomic E-state index is 12.0. The summed E-state index contributed by atoms with van der Waals surface area (Å²) in [5.74, 6) is 1.18. The lowest BCUT2D eigenvalue weighted by Gasteiger charge is -2.32. The van der Waals surface area contributed by atoms with E-state index in [9.17, 15) is 8.42 Å². The third-order valence-electron chi connectivity index (χ3n) is 6.05. The van der Waals surface area contributed by atoms with Crippen molar-refractivity contribution < 1.29 is 31.9 Å². The van der Waals surface area contributed by atoms with Crippen LogP contribution in [-0.4, -0.2) is 45.9 Å². The smallest absolute Gasteiger partial charge is 0.457 e. The van der Waals surface area contributed by atoms with Gasteiger partial charge >= 0.3 is 7.12 Å². The minimum atomic E-state index is -3.26. The van der Waals surface area contributed by atoms with Crippen LogP contribution in [0.3, 0.4) is 0 Å². The van der Waals surface area contributed by atoms with E-state index < -0.39 is 28.2 Å². The number of sulfone groups is 1. The maximum absolute atomic E-state index is 12.0. The van der Waals surface area contributed by atoms with Gasteiger partial charge in [-0.1, -0.05) is 13.0 Å². The average molecular weight is 476 g/mol. The van der Waals surface area contributed by atoms with Crippen molar-refractivity contribution >= 4 is 22.4 Å². The number of benzene rings is 2. The molecule has 0 unspecified atom stereocenters. The third kappa shape index (κ3) is 5.97. The van der Waals surface area contributed by atoms with Crippen LogP contribution in [0.4, 0.5) is 0 Å². The van der Waals surface area contributed by atoms with Crippen LogP contribution in [0.5, 0.6) is 11.5 Å². The molecule has 0 aliphatic carbocycles. The van der Waals surface area contributed by atoms with E-state index >= 15 is 0 Å². The standard InChI is InChI=1S/C24H33BO7S/c1-7-28-17-29-16-18-15-20(30-19-9-12-21(13-10-19)33(26,27)8-2)11-14-22(18)25-31-23(3,4)24(5,6)32-25/h9-15H,7-8,16-17H2,1-6H3. The molecule has 1 aliphatic heterocycles. The fraction of sp³-hybridized carbons (Fsp3) is 0.500. The van der Waals surface area contributed by atoms with Gasteiger partial charge in [-0.15, -0.1) is 0 Å². The highest BCUT2D eigenvalue weighted by Gasteiger charge is 2.52. The molecule has 0 spiro atoms. The largest absolute Gasteiger partial charge is 0.495 e. The Bertz CT molecular complexity index is 1030. The molecule has 180 valence electrons. The summed E-state index contributed by atoms with van der Waals surface area (Å²) in [6.07, 6.45) is 0. The average Bonchev–Trinajstić information content (AvgIpc) is 2.98. The van der Waals surface area contributed by atoms with Crippen LogP contribution in [0.2, 0.25) is 0 Å². The Morgan fingerprint density at radius 2 is 1.48 bits per heavy atom. The highest BCUT2D eigenvalue weighted by Crippen LogP contribution is 2.37. The fourth-order valence-electron chi connectivity index (χ4n) is 3.28. The zero-order valence-corrected chi connectivity index (χ0v) is 21.0. The van der Waals surface area contributed by atoms with E-state index in [4.69, 9.17) is 23.5 Å². The van der Waals surface area contributed by atoms with E-state index in [-0.39, 0.29) is 17.4 Å². The summed E-state index contributed by atoms with van der Waals surface area (Å²) >= 11 is 0. The zero-order valence-electron chi connectivity index (χ0n) is 20.2. The second-order valence-corrected chi connectivity index (χ2v) is 11.2. The van der Waals surface area contributed by atoms with Crippen molar-refractivity contribution in [3.05, 3.63) is 48.0 Å². The second-order valence-electron chi connectivity index (χ2n) is 8.88. The minimum Gasteiger partial charge on any atom is -0.457 e. The Hall–Kier alpha value is -1.91. The van der Waals surface area contributed by atoms with Crippen LogP contribution in [0.25, 0.3) is 0 Å². The predicted octanol–water partition coefficient (Wildman–Crippen LogP) is 4.08. The van der Waals surface area contributed by atoms with Crippen LogP contribution in [-0.2, 0) is 35.2 Å². The molecule has 2 aromatic rings. The highest BCUT2D eigenvalue weighted by atomic mass is 32.2. The van der Waals surface area contributed by atoms with Crippen LogP contribution >= 0.6 is 0 Å². The molecule has 0 radical (unpaired) electrons. The topological polar surface area (TPSA) is 80.3 Å². The highest BCUT2D eigenvalue weighted by molar-refractivity contribution is 7.91. The van der Waals surface area contributed by atoms with Crippen LogP contribution < -0.4 is 10.2 Å². The van der Waals surface area contributed by atoms with E-state index in [2.05, 4.69) is 0 Å². The Balaban J connectivity index is 1.84. The molecule has 0 N–H and O–H groups in total. The molecule has 0 bridgehead atoms. The SMILES string of the molecule is CCOCOCc1cc(Oc2ccc(S(=O)(=O)CC)cc2)ccc1B1OC(C)(C)C(C)(C)O1. The predicted molar refractivity (Wildman–Crippen MR) is 128 cm³/mol. The first-order chi connectivity index (χ1) is 15.5. The maximum Gasteiger partial charge on any atom is 0.495 e. The van der Waals surface area contributed by atoms with Crippen LogP contribution in [0, 0.1) is 0 Å². The van der Waals surface area contributed by atoms with Crippen molar-refractivity contribution in [2.24, 2.45) is 0 Å². The van der Waals surface area contributed by atoms with Crippen molar-refractivity contribution in [3.8, 4) is 11.5 Å². The molecule has 1 fully saturated rings. The number of ether oxygens (including phenoxy) is 3. The van der Waals surface area contributed by atoms with Gasteiger partial charge in [-0.25, -0.2) is 8.42 Å². The minimum absolute atomic E-state index is 0.0543. The third-order valence-corrected chi connectivity index (χ3v) is 7.80. The number of rotatable bonds is 10. The van der Waals surface area contributed by atoms with E-state index in [0.29, 0.717) is 24.7 Å². The Morgan fingerprint density at radius 3 is 2.06 bits per heavy atom. The van der Waals surface area contributed by atoms with Gasteiger partial charge in [0.2, 0.25) is 0 Å². The summed E-state index contributed by atoms with van der Waals surface area (Å²) in [5.41, 5.74) is 0.797. The van der Waals surface area contributed by atoms with Crippen LogP contribution in [0.1, 0.15) is 47.1 Å². The summed E-state index contributed by atoms with van der Waals surface area (Å²) in [7, 11) is -3.79. The van der Waals surface area contributed by atoms with Crippen molar-refractivity contribution in [3.63, 3.8) is 0 Å². The molecule has 1 heterocycles. The summed E-state index contributed by atoms with van der Waals surface area (Å²) in [5, 5.41) is 0. The van der Waals surface area contributed by atoms with Gasteiger partial charge in [-0.05, 0) is 82.0 Å². The molecule has 7 nitrogen and oxygen atoms in total. The molecule has 9 heteroatoms. The molecule has 0 aromatic heterocycles. The Labute approximate surface area is 197 Å². The molecular formula is C24H33BO7S. The lowest BCUT2D eigenvalue weighted by molar-refractivity contribution is -0.0570. The first kappa shape index (κ1) is 25.7. The first-order valence-electron chi connectivity index (χ1n) is 11.1. The van der Waals surface area contributed by atoms with Gasteiger partial charge in [-0.3, -0.25) is 0 Å². The van der Waals surface area contributed by atoms with Gasteiger partial charge in [0.15, 0.2) is 9.84 Å². The van der Waals surface area contributed by atoms with Gasteiger partial charge in [0.1, 0.15) is 18.3 Å². The molecule has 0 saturated carbocycles. The number of hydrogen-bond donors (Lipinski definition) is 0. The van der Waals surface area contributed by atoms with Crippen molar-refractivity contribution in [2.75, 3.05) is 19.2 Å². The molecular weight excluding hydrogens is 443 g/mol. The molecule has 33 heavy (non-hydrogen) atoms. The van der Waals surface area contributed by atoms with Gasteiger partial charge in [0.25, 0.3) is 0 Å². The summed E-state index contributed by atoms with van der Waals surface area (Å²) in [6.45, 7) is 12.6. The van der Waals surface area contributed by atoms with Gasteiger partial charge in [0.05, 0.1) is 28.5 Å². The summed E-state index contributed by atoms with van der Waals surface area (Å²) in [6, 6.07) is 12.0. The van der Waals surface area contributed by atoms with Gasteiger partial charge in [0, 0.05) is 6.61 Å². The lowest BCUT2D eigenvalue weighted by atomic mass is 9.76. The van der Waals surface area contributed by atoms with Gasteiger partial charge < -0.3 is 23.5 Å². The van der Waals surface area contributed by atoms with Crippen molar-refractivity contribution in [1.82, 2.24) is 0 Å². The van der Waals surface area contributed by atoms with E-state index in [1.807, 2.05) is 52.8 Å². The molecule has 3 rings (SSSR count). The van der Waals surface area contributed by atoms with Crippen LogP contribution in [0.15, 0.2) is 47.4 Å². The van der Waals surface area contributed by atoms with Crippen molar-refractivity contribution in [2.45, 2.75) is 64.2 Å². The molecule has 1 saturated heterocycles. The first-order valence-corrected chi connectivity index (χ1v) is 12.8. The summed E-state index contributed by atoms with van der Waals surface area (Å²) in [4.78, 5) is 0.276. The number of hydrogen-bond acceptors (Lipinski definition) is 7. The van der Waals surface area contributed by atoms with E-state index in [0.717, 1.165) is 11.0 Å². The zero-order chi connectivity index (χ0) is 24.3. The molecule has 1 aliphatic rings. The lowest BCUT2D eigenvalue weighted by Crippen LogP contribution is -2.41. The second kappa shape index (κ2) is 10.2. The van der Waals surface area contributed by atoms with Gasteiger partial charge in [-0.2, -0.15) is 0 Å². The Kier molecular flexibility index (Phi) is 7.91. The molecule has 2 aromatic carbocycles. The Morgan fingerprint density at radius 1 is 0.879 bits per heavy atom. The summed E-state index contributed by atoms with van der Waals surface area (Å²) < 4.78 is 53.5.